The van der Waals surface area contributed by atoms with Crippen molar-refractivity contribution in [3.63, 3.8) is 0 Å². The molecular weight excluding hydrogens is 250 g/mol. The van der Waals surface area contributed by atoms with Crippen LogP contribution in [-0.2, 0) is 14.8 Å². The molecule has 0 aromatic heterocycles. The van der Waals surface area contributed by atoms with Crippen molar-refractivity contribution in [2.75, 3.05) is 26.8 Å². The first-order valence-corrected chi connectivity index (χ1v) is 8.31. The Bertz CT molecular complexity index is 299. The van der Waals surface area contributed by atoms with Gasteiger partial charge in [0.05, 0.1) is 5.25 Å². The molecule has 0 aromatic carbocycles. The van der Waals surface area contributed by atoms with Crippen LogP contribution in [0.4, 0.5) is 0 Å². The second-order valence-corrected chi connectivity index (χ2v) is 8.01. The molecule has 4 nitrogen and oxygen atoms in total. The molecule has 0 radical (unpaired) electrons. The summed E-state index contributed by atoms with van der Waals surface area (Å²) in [5.41, 5.74) is 0. The molecule has 0 aliphatic rings. The molecule has 0 rings (SSSR count). The third-order valence-corrected chi connectivity index (χ3v) is 5.10. The van der Waals surface area contributed by atoms with E-state index in [1.165, 1.54) is 10.7 Å². The summed E-state index contributed by atoms with van der Waals surface area (Å²) in [5, 5.41) is -0.352. The number of sulfonamides is 1. The first-order valence-electron chi connectivity index (χ1n) is 6.81. The topological polar surface area (TPSA) is 46.6 Å². The highest BCUT2D eigenvalue weighted by atomic mass is 32.2. The summed E-state index contributed by atoms with van der Waals surface area (Å²) in [7, 11) is -1.47. The summed E-state index contributed by atoms with van der Waals surface area (Å²) in [6.45, 7) is 9.75. The van der Waals surface area contributed by atoms with Crippen LogP contribution in [0.1, 0.15) is 47.0 Å². The molecule has 110 valence electrons. The molecule has 0 spiro atoms. The summed E-state index contributed by atoms with van der Waals surface area (Å²) in [6, 6.07) is 0. The van der Waals surface area contributed by atoms with E-state index in [2.05, 4.69) is 13.8 Å². The molecule has 0 heterocycles. The van der Waals surface area contributed by atoms with Gasteiger partial charge < -0.3 is 4.74 Å². The van der Waals surface area contributed by atoms with Gasteiger partial charge in [0.1, 0.15) is 0 Å². The second-order valence-electron chi connectivity index (χ2n) is 5.42. The van der Waals surface area contributed by atoms with Crippen LogP contribution in [0.25, 0.3) is 0 Å². The zero-order valence-corrected chi connectivity index (χ0v) is 13.3. The molecule has 0 aliphatic heterocycles. The lowest BCUT2D eigenvalue weighted by Crippen LogP contribution is -2.34. The quantitative estimate of drug-likeness (QED) is 0.577. The SMILES string of the molecule is CC(C)CCCOCCCN(C)S(=O)(=O)C(C)C. The fraction of sp³-hybridized carbons (Fsp3) is 1.00. The Balaban J connectivity index is 3.61. The molecule has 0 aliphatic carbocycles. The summed E-state index contributed by atoms with van der Waals surface area (Å²) < 4.78 is 30.4. The van der Waals surface area contributed by atoms with Crippen LogP contribution in [0.15, 0.2) is 0 Å². The predicted molar refractivity (Wildman–Crippen MR) is 76.2 cm³/mol. The minimum Gasteiger partial charge on any atom is -0.381 e. The van der Waals surface area contributed by atoms with Gasteiger partial charge in [-0.05, 0) is 39.0 Å². The van der Waals surface area contributed by atoms with Gasteiger partial charge in [0.25, 0.3) is 0 Å². The number of hydrogen-bond donors (Lipinski definition) is 0. The van der Waals surface area contributed by atoms with Gasteiger partial charge in [-0.15, -0.1) is 0 Å². The van der Waals surface area contributed by atoms with Gasteiger partial charge in [-0.2, -0.15) is 0 Å². The van der Waals surface area contributed by atoms with Crippen molar-refractivity contribution in [2.24, 2.45) is 5.92 Å². The lowest BCUT2D eigenvalue weighted by atomic mass is 10.1. The zero-order chi connectivity index (χ0) is 14.2. The van der Waals surface area contributed by atoms with Gasteiger partial charge in [0, 0.05) is 26.8 Å². The Labute approximate surface area is 113 Å². The van der Waals surface area contributed by atoms with Crippen molar-refractivity contribution >= 4 is 10.0 Å². The largest absolute Gasteiger partial charge is 0.381 e. The van der Waals surface area contributed by atoms with E-state index in [0.29, 0.717) is 13.2 Å². The average molecular weight is 279 g/mol. The maximum absolute atomic E-state index is 11.8. The third kappa shape index (κ3) is 7.34. The van der Waals surface area contributed by atoms with Crippen LogP contribution >= 0.6 is 0 Å². The fourth-order valence-corrected chi connectivity index (χ4v) is 2.68. The lowest BCUT2D eigenvalue weighted by molar-refractivity contribution is 0.123. The van der Waals surface area contributed by atoms with Gasteiger partial charge in [-0.1, -0.05) is 13.8 Å². The third-order valence-electron chi connectivity index (χ3n) is 2.86. The molecule has 18 heavy (non-hydrogen) atoms. The maximum Gasteiger partial charge on any atom is 0.216 e. The summed E-state index contributed by atoms with van der Waals surface area (Å²) in [4.78, 5) is 0. The first kappa shape index (κ1) is 17.9. The Morgan fingerprint density at radius 3 is 2.11 bits per heavy atom. The molecule has 0 saturated carbocycles. The number of hydrogen-bond acceptors (Lipinski definition) is 3. The van der Waals surface area contributed by atoms with Crippen molar-refractivity contribution in [3.8, 4) is 0 Å². The van der Waals surface area contributed by atoms with Gasteiger partial charge in [-0.25, -0.2) is 12.7 Å². The van der Waals surface area contributed by atoms with Gasteiger partial charge >= 0.3 is 0 Å². The van der Waals surface area contributed by atoms with Crippen molar-refractivity contribution < 1.29 is 13.2 Å². The molecule has 0 atom stereocenters. The predicted octanol–water partition coefficient (Wildman–Crippen LogP) is 2.50. The molecule has 5 heteroatoms. The highest BCUT2D eigenvalue weighted by molar-refractivity contribution is 7.89. The maximum atomic E-state index is 11.8. The molecule has 0 saturated heterocycles. The van der Waals surface area contributed by atoms with E-state index in [4.69, 9.17) is 4.74 Å². The Morgan fingerprint density at radius 1 is 1.06 bits per heavy atom. The molecule has 0 unspecified atom stereocenters. The van der Waals surface area contributed by atoms with Gasteiger partial charge in [-0.3, -0.25) is 0 Å². The monoisotopic (exact) mass is 279 g/mol. The summed E-state index contributed by atoms with van der Waals surface area (Å²) in [6.07, 6.45) is 3.02. The standard InChI is InChI=1S/C13H29NO3S/c1-12(2)8-6-10-17-11-7-9-14(5)18(15,16)13(3)4/h12-13H,6-11H2,1-5H3. The molecule has 0 fully saturated rings. The summed E-state index contributed by atoms with van der Waals surface area (Å²) in [5.74, 6) is 0.718. The fourth-order valence-electron chi connectivity index (χ4n) is 1.57. The van der Waals surface area contributed by atoms with E-state index >= 15 is 0 Å². The van der Waals surface area contributed by atoms with Gasteiger partial charge in [0.15, 0.2) is 0 Å². The van der Waals surface area contributed by atoms with Crippen molar-refractivity contribution in [1.29, 1.82) is 0 Å². The van der Waals surface area contributed by atoms with Crippen LogP contribution in [-0.4, -0.2) is 44.8 Å². The number of nitrogens with zero attached hydrogens (tertiary/aromatic N) is 1. The van der Waals surface area contributed by atoms with E-state index in [1.54, 1.807) is 20.9 Å². The van der Waals surface area contributed by atoms with Gasteiger partial charge in [0.2, 0.25) is 10.0 Å². The molecule has 0 aromatic rings. The molecule has 0 bridgehead atoms. The molecule has 0 N–H and O–H groups in total. The van der Waals surface area contributed by atoms with E-state index in [0.717, 1.165) is 25.4 Å². The number of ether oxygens (including phenoxy) is 1. The average Bonchev–Trinajstić information content (AvgIpc) is 2.26. The Morgan fingerprint density at radius 2 is 1.61 bits per heavy atom. The highest BCUT2D eigenvalue weighted by Crippen LogP contribution is 2.07. The van der Waals surface area contributed by atoms with Crippen molar-refractivity contribution in [1.82, 2.24) is 4.31 Å². The van der Waals surface area contributed by atoms with E-state index in [-0.39, 0.29) is 5.25 Å². The second kappa shape index (κ2) is 8.88. The first-order chi connectivity index (χ1) is 8.28. The van der Waals surface area contributed by atoms with Crippen LogP contribution in [0.3, 0.4) is 0 Å². The van der Waals surface area contributed by atoms with Crippen LogP contribution in [0, 0.1) is 5.92 Å². The van der Waals surface area contributed by atoms with Crippen LogP contribution < -0.4 is 0 Å². The lowest BCUT2D eigenvalue weighted by Gasteiger charge is -2.19. The molecule has 0 amide bonds. The smallest absolute Gasteiger partial charge is 0.216 e. The normalized spacial score (nSPS) is 12.9. The van der Waals surface area contributed by atoms with Crippen molar-refractivity contribution in [3.05, 3.63) is 0 Å². The number of rotatable bonds is 10. The van der Waals surface area contributed by atoms with E-state index in [1.807, 2.05) is 0 Å². The minimum absolute atomic E-state index is 0.352. The van der Waals surface area contributed by atoms with Crippen LogP contribution in [0.5, 0.6) is 0 Å². The Hall–Kier alpha value is -0.130. The van der Waals surface area contributed by atoms with Crippen LogP contribution in [0.2, 0.25) is 0 Å². The zero-order valence-electron chi connectivity index (χ0n) is 12.5. The summed E-state index contributed by atoms with van der Waals surface area (Å²) >= 11 is 0. The van der Waals surface area contributed by atoms with E-state index in [9.17, 15) is 8.42 Å². The minimum atomic E-state index is -3.11. The highest BCUT2D eigenvalue weighted by Gasteiger charge is 2.21. The Kier molecular flexibility index (Phi) is 8.82. The van der Waals surface area contributed by atoms with E-state index < -0.39 is 10.0 Å². The van der Waals surface area contributed by atoms with Crippen molar-refractivity contribution in [2.45, 2.75) is 52.2 Å². The molecular formula is C13H29NO3S.